The summed E-state index contributed by atoms with van der Waals surface area (Å²) < 4.78 is 125. The van der Waals surface area contributed by atoms with Crippen LogP contribution in [0.4, 0.5) is 0 Å². The first kappa shape index (κ1) is 93.8. The zero-order valence-corrected chi connectivity index (χ0v) is 64.3. The second kappa shape index (κ2) is 38.5. The zero-order valence-electron chi connectivity index (χ0n) is 56.8. The number of ether oxygens (including phenoxy) is 6. The van der Waals surface area contributed by atoms with Gasteiger partial charge in [-0.1, -0.05) is 11.8 Å². The fraction of sp³-hybridized carbons (Fsp3) is 0.654. The highest BCUT2D eigenvalue weighted by Gasteiger charge is 2.45. The molecule has 2 aliphatic rings. The molecule has 584 valence electrons. The van der Waals surface area contributed by atoms with Crippen LogP contribution in [-0.2, 0) is 111 Å². The predicted octanol–water partition coefficient (Wildman–Crippen LogP) is 1.31. The van der Waals surface area contributed by atoms with Crippen LogP contribution >= 0.6 is 69.5 Å². The molecule has 0 aliphatic carbocycles. The molecule has 2 aliphatic heterocycles. The quantitative estimate of drug-likeness (QED) is 0.0188. The number of halogens is 1. The predicted molar refractivity (Wildman–Crippen MR) is 355 cm³/mol. The molecule has 2 amide bonds. The zero-order chi connectivity index (χ0) is 79.6. The summed E-state index contributed by atoms with van der Waals surface area (Å²) in [6.07, 6.45) is -2.12. The SMILES string of the molecule is C#CCCC(=O)NC(CC(=O)OC(C)(C)C)C(=O)OC(C)(C)C.CC(C)(C)OC(=O)CC(NC(=O)CCC#Cc1cn([C@H]2CC(O)[C@@H](COP(=O)(O)OP(=O)(O)OP(=O)(O)O)O2)c(=O)[nH]c1=O)C(=O)OC(C)(C)C.O=c1[nH]c(=O)n([C@H]2CC(O)[C@@H](COP(=O)(O)OP(=O)(O)OP(=O)(O)O)O2)cc1I. The topological polar surface area (TPSA) is 652 Å². The Balaban J connectivity index is 0.000000583. The van der Waals surface area contributed by atoms with E-state index in [0.717, 1.165) is 15.3 Å². The van der Waals surface area contributed by atoms with Crippen molar-refractivity contribution >= 4 is 105 Å². The third-order valence-corrected chi connectivity index (χ3v) is 19.8. The Hall–Kier alpha value is -5.31. The lowest BCUT2D eigenvalue weighted by atomic mass is 10.1. The molecule has 2 saturated heterocycles. The Labute approximate surface area is 598 Å². The maximum Gasteiger partial charge on any atom is 0.490 e. The highest BCUT2D eigenvalue weighted by Crippen LogP contribution is 2.67. The minimum absolute atomic E-state index is 0.0735. The van der Waals surface area contributed by atoms with E-state index in [0.29, 0.717) is 0 Å². The summed E-state index contributed by atoms with van der Waals surface area (Å²) in [7, 11) is -33.5. The summed E-state index contributed by atoms with van der Waals surface area (Å²) in [6.45, 7) is 18.1. The number of aromatic amines is 2. The molecular formula is C52H81IN6O38P6. The second-order valence-electron chi connectivity index (χ2n) is 25.4. The first-order valence-corrected chi connectivity index (χ1v) is 39.6. The number of amides is 2. The van der Waals surface area contributed by atoms with E-state index in [4.69, 9.17) is 59.3 Å². The van der Waals surface area contributed by atoms with Crippen molar-refractivity contribution < 1.29 is 160 Å². The smallest absolute Gasteiger partial charge is 0.460 e. The summed E-state index contributed by atoms with van der Waals surface area (Å²) >= 11 is 1.66. The maximum absolute atomic E-state index is 12.7. The van der Waals surface area contributed by atoms with Gasteiger partial charge >= 0.3 is 82.2 Å². The van der Waals surface area contributed by atoms with E-state index in [2.05, 4.69) is 54.7 Å². The Morgan fingerprint density at radius 3 is 1.26 bits per heavy atom. The molecule has 14 N–H and O–H groups in total. The average molecular weight is 1710 g/mol. The van der Waals surface area contributed by atoms with Gasteiger partial charge in [0.2, 0.25) is 11.8 Å². The van der Waals surface area contributed by atoms with Crippen molar-refractivity contribution in [2.75, 3.05) is 13.2 Å². The molecule has 44 nitrogen and oxygen atoms in total. The molecule has 0 aromatic carbocycles. The van der Waals surface area contributed by atoms with Gasteiger partial charge in [0.25, 0.3) is 11.1 Å². The Morgan fingerprint density at radius 1 is 0.563 bits per heavy atom. The molecule has 51 heteroatoms. The molecule has 2 aromatic rings. The number of nitrogens with zero attached hydrogens (tertiary/aromatic N) is 2. The molecule has 4 rings (SSSR count). The number of H-pyrrole nitrogens is 2. The fourth-order valence-corrected chi connectivity index (χ4v) is 14.3. The number of carbonyl (C=O) groups excluding carboxylic acids is 6. The molecule has 103 heavy (non-hydrogen) atoms. The number of phosphoric ester groups is 2. The van der Waals surface area contributed by atoms with E-state index in [1.165, 1.54) is 6.20 Å². The van der Waals surface area contributed by atoms with Crippen LogP contribution in [0.25, 0.3) is 0 Å². The molecule has 4 heterocycles. The first-order valence-electron chi connectivity index (χ1n) is 29.5. The van der Waals surface area contributed by atoms with Gasteiger partial charge < -0.3 is 88.4 Å². The van der Waals surface area contributed by atoms with Crippen LogP contribution in [0.2, 0.25) is 0 Å². The van der Waals surface area contributed by atoms with Crippen LogP contribution in [0.3, 0.4) is 0 Å². The van der Waals surface area contributed by atoms with Gasteiger partial charge in [-0.25, -0.2) is 46.6 Å². The van der Waals surface area contributed by atoms with Crippen molar-refractivity contribution in [3.05, 3.63) is 63.2 Å². The van der Waals surface area contributed by atoms with E-state index in [9.17, 15) is 100 Å². The monoisotopic (exact) mass is 1710 g/mol. The van der Waals surface area contributed by atoms with Gasteiger partial charge in [0.15, 0.2) is 0 Å². The molecule has 0 saturated carbocycles. The van der Waals surface area contributed by atoms with Gasteiger partial charge in [0, 0.05) is 50.9 Å². The minimum Gasteiger partial charge on any atom is -0.460 e. The number of nitrogens with one attached hydrogen (secondary N) is 4. The number of aliphatic hydroxyl groups excluding tert-OH is 2. The number of carbonyl (C=O) groups is 6. The van der Waals surface area contributed by atoms with Crippen LogP contribution in [0, 0.1) is 27.8 Å². The normalized spacial score (nSPS) is 20.8. The Morgan fingerprint density at radius 2 is 0.913 bits per heavy atom. The number of rotatable bonds is 28. The number of aromatic nitrogens is 4. The summed E-state index contributed by atoms with van der Waals surface area (Å²) in [5.74, 6) is 3.41. The lowest BCUT2D eigenvalue weighted by Gasteiger charge is -2.25. The van der Waals surface area contributed by atoms with Crippen LogP contribution in [0.1, 0.15) is 152 Å². The first-order chi connectivity index (χ1) is 46.5. The van der Waals surface area contributed by atoms with Crippen molar-refractivity contribution in [3.8, 4) is 24.2 Å². The van der Waals surface area contributed by atoms with Crippen molar-refractivity contribution in [1.82, 2.24) is 29.7 Å². The van der Waals surface area contributed by atoms with Crippen molar-refractivity contribution in [2.24, 2.45) is 0 Å². The largest absolute Gasteiger partial charge is 0.490 e. The summed E-state index contributed by atoms with van der Waals surface area (Å²) in [5, 5.41) is 25.2. The van der Waals surface area contributed by atoms with Gasteiger partial charge in [0.05, 0.1) is 41.8 Å². The summed E-state index contributed by atoms with van der Waals surface area (Å²) in [5.41, 5.74) is -6.83. The van der Waals surface area contributed by atoms with Crippen LogP contribution in [0.15, 0.2) is 31.6 Å². The summed E-state index contributed by atoms with van der Waals surface area (Å²) in [6, 6.07) is -2.47. The molecule has 2 aromatic heterocycles. The molecule has 12 atom stereocenters. The van der Waals surface area contributed by atoms with Gasteiger partial charge in [-0.05, 0) is 106 Å². The number of hydrogen-bond donors (Lipinski definition) is 14. The average Bonchev–Trinajstić information content (AvgIpc) is 1.71. The Kier molecular flexibility index (Phi) is 35.0. The van der Waals surface area contributed by atoms with Gasteiger partial charge in [-0.15, -0.1) is 12.3 Å². The summed E-state index contributed by atoms with van der Waals surface area (Å²) in [4.78, 5) is 197. The van der Waals surface area contributed by atoms with Crippen molar-refractivity contribution in [2.45, 2.75) is 206 Å². The lowest BCUT2D eigenvalue weighted by molar-refractivity contribution is -0.165. The van der Waals surface area contributed by atoms with Crippen molar-refractivity contribution in [3.63, 3.8) is 0 Å². The number of phosphoric acid groups is 6. The van der Waals surface area contributed by atoms with E-state index < -0.39 is 196 Å². The third-order valence-electron chi connectivity index (χ3n) is 11.4. The highest BCUT2D eigenvalue weighted by molar-refractivity contribution is 14.1. The molecule has 2 fully saturated rings. The maximum atomic E-state index is 12.7. The van der Waals surface area contributed by atoms with Gasteiger partial charge in [0.1, 0.15) is 64.7 Å². The third kappa shape index (κ3) is 38.7. The number of terminal acetylenes is 1. The highest BCUT2D eigenvalue weighted by atomic mass is 127. The number of aliphatic hydroxyl groups is 2. The molecule has 0 radical (unpaired) electrons. The minimum atomic E-state index is -5.79. The van der Waals surface area contributed by atoms with Gasteiger partial charge in [-0.2, -0.15) is 17.2 Å². The molecule has 0 spiro atoms. The van der Waals surface area contributed by atoms with E-state index >= 15 is 0 Å². The van der Waals surface area contributed by atoms with Crippen LogP contribution < -0.4 is 33.1 Å². The van der Waals surface area contributed by atoms with Crippen LogP contribution in [-0.4, -0.2) is 176 Å². The van der Waals surface area contributed by atoms with E-state index in [1.54, 1.807) is 106 Å². The standard InChI is InChI=1S/C26H40N3O19P3.C17H27NO5.C9H14IN2O14P3/c1-25(2,3)45-21(32)11-16(23(34)46-26(4,5)6)27-19(31)10-8-7-9-15-13-29(24(35)28-22(15)33)20-12-17(30)18(44-20)14-43-50(39,40)48-51(41,42)47-49(36,37)38;1-8-9-10-13(19)18-12(15(21)23-17(5,6)7)11-14(20)22-16(2,3)4;10-4-2-12(9(15)11-8(4)14)7-1-5(13)6(24-7)3-23-28(19,20)26-29(21,22)25-27(16,17)18/h13,16-18,20,30H,8,10-12,14H2,1-6H3,(H,27,31)(H,39,40)(H,41,42)(H,28,33,35)(H2,36,37,38);1,12H,9-11H2,2-7H3,(H,18,19);2,5-7,13H,1,3H2,(H,19,20)(H,21,22)(H,11,14,15)(H2,16,17,18)/t16?,17?,18-,20-;;5?,6-,7-/m1.1/s1. The van der Waals surface area contributed by atoms with Gasteiger partial charge in [-0.3, -0.25) is 56.9 Å². The fourth-order valence-electron chi connectivity index (χ4n) is 7.76. The number of esters is 4. The molecular weight excluding hydrogens is 1630 g/mol. The molecule has 8 unspecified atom stereocenters. The lowest BCUT2D eigenvalue weighted by Crippen LogP contribution is -2.46. The van der Waals surface area contributed by atoms with Crippen molar-refractivity contribution in [1.29, 1.82) is 0 Å². The Bertz CT molecular complexity index is 4030. The molecule has 0 bridgehead atoms. The van der Waals surface area contributed by atoms with Crippen LogP contribution in [0.5, 0.6) is 0 Å². The van der Waals surface area contributed by atoms with E-state index in [1.807, 2.05) is 9.97 Å². The number of hydrogen-bond acceptors (Lipinski definition) is 30. The second-order valence-corrected chi connectivity index (χ2v) is 35.4. The van der Waals surface area contributed by atoms with E-state index in [-0.39, 0.29) is 54.1 Å².